The third-order valence-electron chi connectivity index (χ3n) is 5.89. The molecular weight excluding hydrogens is 398 g/mol. The fourth-order valence-electron chi connectivity index (χ4n) is 4.23. The Hall–Kier alpha value is -3.50. The quantitative estimate of drug-likeness (QED) is 0.555. The summed E-state index contributed by atoms with van der Waals surface area (Å²) in [4.78, 5) is 25.7. The number of carboxylic acid groups (broad SMARTS) is 1. The number of aromatic amines is 1. The number of H-pyrrole nitrogens is 1. The van der Waals surface area contributed by atoms with Crippen LogP contribution < -0.4 is 16.1 Å². The molecule has 2 fully saturated rings. The number of nitrogen functional groups attached to an aromatic ring is 1. The summed E-state index contributed by atoms with van der Waals surface area (Å²) in [7, 11) is 0. The number of nitrogens with one attached hydrogen (secondary N) is 1. The average molecular weight is 416 g/mol. The number of carbonyl (C=O) groups is 1. The number of halogens is 2. The van der Waals surface area contributed by atoms with Crippen LogP contribution in [0.1, 0.15) is 47.3 Å². The summed E-state index contributed by atoms with van der Waals surface area (Å²) >= 11 is 0. The predicted molar refractivity (Wildman–Crippen MR) is 104 cm³/mol. The van der Waals surface area contributed by atoms with E-state index in [1.807, 2.05) is 0 Å². The number of hydrogen-bond acceptors (Lipinski definition) is 6. The van der Waals surface area contributed by atoms with Crippen molar-refractivity contribution in [3.8, 4) is 0 Å². The maximum Gasteiger partial charge on any atom is 0.341 e. The maximum absolute atomic E-state index is 15.7. The number of aromatic nitrogens is 4. The van der Waals surface area contributed by atoms with Crippen LogP contribution >= 0.6 is 0 Å². The van der Waals surface area contributed by atoms with Crippen molar-refractivity contribution in [3.63, 3.8) is 0 Å². The van der Waals surface area contributed by atoms with Gasteiger partial charge in [0.2, 0.25) is 5.43 Å². The number of rotatable bonds is 4. The lowest BCUT2D eigenvalue weighted by atomic mass is 10.1. The van der Waals surface area contributed by atoms with Crippen LogP contribution in [-0.2, 0) is 0 Å². The largest absolute Gasteiger partial charge is 0.477 e. The highest BCUT2D eigenvalue weighted by Crippen LogP contribution is 2.42. The summed E-state index contributed by atoms with van der Waals surface area (Å²) in [6.07, 6.45) is 4.75. The van der Waals surface area contributed by atoms with Gasteiger partial charge in [-0.15, -0.1) is 0 Å². The molecule has 1 saturated heterocycles. The van der Waals surface area contributed by atoms with Crippen molar-refractivity contribution >= 4 is 28.2 Å². The molecule has 1 aliphatic carbocycles. The molecule has 11 heteroatoms. The van der Waals surface area contributed by atoms with Crippen molar-refractivity contribution in [3.05, 3.63) is 45.5 Å². The summed E-state index contributed by atoms with van der Waals surface area (Å²) in [6.45, 7) is 0.684. The number of hydrogen-bond donors (Lipinski definition) is 3. The van der Waals surface area contributed by atoms with Crippen LogP contribution in [0, 0.1) is 11.6 Å². The molecule has 1 aliphatic heterocycles. The molecule has 9 nitrogen and oxygen atoms in total. The first-order valence-corrected chi connectivity index (χ1v) is 9.57. The molecule has 1 aromatic carbocycles. The van der Waals surface area contributed by atoms with Gasteiger partial charge in [0.15, 0.2) is 11.6 Å². The molecule has 3 heterocycles. The Kier molecular flexibility index (Phi) is 4.02. The number of carboxylic acids is 1. The first kappa shape index (κ1) is 18.5. The Morgan fingerprint density at radius 3 is 2.67 bits per heavy atom. The van der Waals surface area contributed by atoms with E-state index in [-0.39, 0.29) is 23.2 Å². The fraction of sp³-hybridized carbons (Fsp3) is 0.368. The molecule has 30 heavy (non-hydrogen) atoms. The van der Waals surface area contributed by atoms with Gasteiger partial charge in [0.25, 0.3) is 0 Å². The Labute approximate surface area is 168 Å². The summed E-state index contributed by atoms with van der Waals surface area (Å²) in [6, 6.07) is -0.153. The molecule has 2 aromatic heterocycles. The number of anilines is 2. The zero-order valence-corrected chi connectivity index (χ0v) is 15.7. The van der Waals surface area contributed by atoms with Crippen molar-refractivity contribution in [2.24, 2.45) is 0 Å². The second-order valence-electron chi connectivity index (χ2n) is 7.76. The van der Waals surface area contributed by atoms with Gasteiger partial charge in [-0.25, -0.2) is 13.6 Å². The van der Waals surface area contributed by atoms with Gasteiger partial charge in [-0.2, -0.15) is 15.4 Å². The van der Waals surface area contributed by atoms with Crippen LogP contribution in [0.4, 0.5) is 20.2 Å². The van der Waals surface area contributed by atoms with E-state index in [0.29, 0.717) is 38.0 Å². The van der Waals surface area contributed by atoms with E-state index in [1.54, 1.807) is 11.1 Å². The Morgan fingerprint density at radius 2 is 2.03 bits per heavy atom. The first-order valence-electron chi connectivity index (χ1n) is 9.57. The summed E-state index contributed by atoms with van der Waals surface area (Å²) in [5, 5.41) is 19.3. The van der Waals surface area contributed by atoms with Gasteiger partial charge in [-0.1, -0.05) is 0 Å². The van der Waals surface area contributed by atoms with Crippen molar-refractivity contribution in [2.45, 2.75) is 31.2 Å². The zero-order chi connectivity index (χ0) is 21.2. The number of nitrogens with two attached hydrogens (primary N) is 1. The van der Waals surface area contributed by atoms with Crippen molar-refractivity contribution in [1.82, 2.24) is 20.0 Å². The lowest BCUT2D eigenvalue weighted by molar-refractivity contribution is 0.0695. The predicted octanol–water partition coefficient (Wildman–Crippen LogP) is 2.01. The smallest absolute Gasteiger partial charge is 0.341 e. The van der Waals surface area contributed by atoms with Gasteiger partial charge in [-0.05, 0) is 19.3 Å². The molecule has 0 radical (unpaired) electrons. The molecular formula is C19H18F2N6O3. The number of aromatic carboxylic acids is 1. The van der Waals surface area contributed by atoms with E-state index in [2.05, 4.69) is 15.4 Å². The van der Waals surface area contributed by atoms with E-state index in [1.165, 1.54) is 4.57 Å². The molecule has 1 atom stereocenters. The number of fused-ring (bicyclic) bond motifs is 1. The fourth-order valence-corrected chi connectivity index (χ4v) is 4.23. The molecule has 4 N–H and O–H groups in total. The van der Waals surface area contributed by atoms with Gasteiger partial charge in [0, 0.05) is 31.2 Å². The average Bonchev–Trinajstić information content (AvgIpc) is 3.20. The lowest BCUT2D eigenvalue weighted by Crippen LogP contribution is -2.26. The minimum atomic E-state index is -1.46. The molecule has 0 amide bonds. The van der Waals surface area contributed by atoms with Crippen LogP contribution in [0.5, 0.6) is 0 Å². The number of nitrogens with zero attached hydrogens (tertiary/aromatic N) is 4. The van der Waals surface area contributed by atoms with E-state index in [9.17, 15) is 14.7 Å². The van der Waals surface area contributed by atoms with Crippen molar-refractivity contribution in [1.29, 1.82) is 0 Å². The normalized spacial score (nSPS) is 19.0. The molecule has 156 valence electrons. The van der Waals surface area contributed by atoms with Crippen LogP contribution in [0.2, 0.25) is 0 Å². The van der Waals surface area contributed by atoms with E-state index in [4.69, 9.17) is 5.73 Å². The molecule has 5 rings (SSSR count). The van der Waals surface area contributed by atoms with Gasteiger partial charge >= 0.3 is 5.97 Å². The van der Waals surface area contributed by atoms with E-state index >= 15 is 8.78 Å². The van der Waals surface area contributed by atoms with Gasteiger partial charge in [0.05, 0.1) is 28.5 Å². The maximum atomic E-state index is 15.7. The number of benzene rings is 1. The molecule has 3 aromatic rings. The van der Waals surface area contributed by atoms with Crippen LogP contribution in [0.25, 0.3) is 10.9 Å². The number of pyridine rings is 1. The van der Waals surface area contributed by atoms with Crippen molar-refractivity contribution < 1.29 is 18.7 Å². The van der Waals surface area contributed by atoms with Crippen LogP contribution in [0.3, 0.4) is 0 Å². The summed E-state index contributed by atoms with van der Waals surface area (Å²) < 4.78 is 32.4. The SMILES string of the molecule is Nc1c(F)c(N2CC[C@H](c3cn[nH]n3)C2)c(F)c2c1c(=O)c(C(=O)O)cn2C1CC1. The Morgan fingerprint density at radius 1 is 1.27 bits per heavy atom. The topological polar surface area (TPSA) is 130 Å². The van der Waals surface area contributed by atoms with Gasteiger partial charge < -0.3 is 20.3 Å². The van der Waals surface area contributed by atoms with Gasteiger partial charge in [0.1, 0.15) is 11.3 Å². The molecule has 1 saturated carbocycles. The minimum absolute atomic E-state index is 0.0560. The van der Waals surface area contributed by atoms with Crippen molar-refractivity contribution in [2.75, 3.05) is 23.7 Å². The monoisotopic (exact) mass is 416 g/mol. The third kappa shape index (κ3) is 2.65. The molecule has 0 bridgehead atoms. The van der Waals surface area contributed by atoms with E-state index < -0.39 is 39.7 Å². The second-order valence-corrected chi connectivity index (χ2v) is 7.76. The second kappa shape index (κ2) is 6.51. The van der Waals surface area contributed by atoms with Gasteiger partial charge in [-0.3, -0.25) is 4.79 Å². The lowest BCUT2D eigenvalue weighted by Gasteiger charge is -2.23. The van der Waals surface area contributed by atoms with Crippen LogP contribution in [0.15, 0.2) is 17.2 Å². The van der Waals surface area contributed by atoms with Crippen LogP contribution in [-0.4, -0.2) is 44.1 Å². The van der Waals surface area contributed by atoms with E-state index in [0.717, 1.165) is 6.20 Å². The molecule has 0 spiro atoms. The minimum Gasteiger partial charge on any atom is -0.477 e. The molecule has 2 aliphatic rings. The molecule has 0 unspecified atom stereocenters. The standard InChI is InChI=1S/C19H18F2N6O3/c20-13-15(22)12-16(27(9-1-2-9)7-10(18(12)28)19(29)30)14(21)17(13)26-4-3-8(6-26)11-5-23-25-24-11/h5,7-9H,1-4,6,22H2,(H,29,30)(H,23,24,25)/t8-/m0/s1. The summed E-state index contributed by atoms with van der Waals surface area (Å²) in [5.41, 5.74) is 4.12. The summed E-state index contributed by atoms with van der Waals surface area (Å²) in [5.74, 6) is -3.48. The Bertz CT molecular complexity index is 1240. The first-order chi connectivity index (χ1) is 14.4. The third-order valence-corrected chi connectivity index (χ3v) is 5.89. The highest BCUT2D eigenvalue weighted by Gasteiger charge is 2.35. The highest BCUT2D eigenvalue weighted by atomic mass is 19.1. The Balaban J connectivity index is 1.71. The highest BCUT2D eigenvalue weighted by molar-refractivity contribution is 5.99. The zero-order valence-electron chi connectivity index (χ0n) is 15.7.